The Balaban J connectivity index is 2.03. The highest BCUT2D eigenvalue weighted by molar-refractivity contribution is 5.95. The van der Waals surface area contributed by atoms with Crippen LogP contribution in [0.1, 0.15) is 38.2 Å². The number of rotatable bonds is 7. The molecule has 0 heterocycles. The van der Waals surface area contributed by atoms with Gasteiger partial charge in [-0.3, -0.25) is 4.79 Å². The summed E-state index contributed by atoms with van der Waals surface area (Å²) in [6, 6.07) is 15.6. The van der Waals surface area contributed by atoms with E-state index in [-0.39, 0.29) is 11.6 Å². The summed E-state index contributed by atoms with van der Waals surface area (Å²) in [4.78, 5) is 26.9. The van der Waals surface area contributed by atoms with Crippen molar-refractivity contribution in [2.24, 2.45) is 0 Å². The third-order valence-electron chi connectivity index (χ3n) is 6.80. The van der Waals surface area contributed by atoms with Gasteiger partial charge in [-0.1, -0.05) is 42.5 Å². The summed E-state index contributed by atoms with van der Waals surface area (Å²) in [5.41, 5.74) is -5.57. The Morgan fingerprint density at radius 2 is 1.36 bits per heavy atom. The lowest BCUT2D eigenvalue weighted by Gasteiger charge is -2.37. The SMILES string of the molecule is CN(C)C(=O)Oc1cc(C(Cc2ccccc2)(NC(=O)c2cccc(C(F)(F)F)c2)c2cc(F)cc(C(F)(F)F)c2)ccc1F. The van der Waals surface area contributed by atoms with Crippen molar-refractivity contribution in [3.8, 4) is 5.75 Å². The molecule has 4 aromatic carbocycles. The zero-order valence-electron chi connectivity index (χ0n) is 23.6. The topological polar surface area (TPSA) is 58.6 Å². The number of alkyl halides is 6. The van der Waals surface area contributed by atoms with E-state index in [2.05, 4.69) is 5.32 Å². The fourth-order valence-electron chi connectivity index (χ4n) is 4.60. The molecule has 0 aliphatic rings. The molecule has 0 bridgehead atoms. The van der Waals surface area contributed by atoms with Crippen molar-refractivity contribution >= 4 is 12.0 Å². The van der Waals surface area contributed by atoms with Gasteiger partial charge in [0, 0.05) is 26.1 Å². The minimum absolute atomic E-state index is 0.173. The van der Waals surface area contributed by atoms with Crippen LogP contribution in [0.15, 0.2) is 91.0 Å². The Kier molecular flexibility index (Phi) is 9.22. The lowest BCUT2D eigenvalue weighted by Crippen LogP contribution is -2.49. The van der Waals surface area contributed by atoms with Gasteiger partial charge in [0.2, 0.25) is 0 Å². The van der Waals surface area contributed by atoms with Gasteiger partial charge in [-0.25, -0.2) is 13.6 Å². The molecule has 5 nitrogen and oxygen atoms in total. The molecule has 0 saturated carbocycles. The van der Waals surface area contributed by atoms with Gasteiger partial charge in [-0.15, -0.1) is 0 Å². The number of hydrogen-bond acceptors (Lipinski definition) is 3. The summed E-state index contributed by atoms with van der Waals surface area (Å²) in [6.45, 7) is 0. The summed E-state index contributed by atoms with van der Waals surface area (Å²) in [5, 5.41) is 2.52. The quantitative estimate of drug-likeness (QED) is 0.209. The number of benzene rings is 4. The van der Waals surface area contributed by atoms with Crippen LogP contribution < -0.4 is 10.1 Å². The fourth-order valence-corrected chi connectivity index (χ4v) is 4.60. The first kappa shape index (κ1) is 33.0. The smallest absolute Gasteiger partial charge is 0.407 e. The summed E-state index contributed by atoms with van der Waals surface area (Å²) in [7, 11) is 2.62. The number of hydrogen-bond donors (Lipinski definition) is 1. The highest BCUT2D eigenvalue weighted by Gasteiger charge is 2.41. The van der Waals surface area contributed by atoms with Crippen molar-refractivity contribution in [3.63, 3.8) is 0 Å². The van der Waals surface area contributed by atoms with Crippen LogP contribution >= 0.6 is 0 Å². The van der Waals surface area contributed by atoms with Crippen molar-refractivity contribution in [2.45, 2.75) is 24.3 Å². The molecule has 0 fully saturated rings. The van der Waals surface area contributed by atoms with Crippen molar-refractivity contribution < 1.29 is 49.4 Å². The second-order valence-electron chi connectivity index (χ2n) is 10.2. The standard InChI is InChI=1S/C32H24F8N2O3/c1-42(2)29(44)45-27-17-21(11-12-26(27)34)30(18-19-7-4-3-5-8-19,23-14-24(32(38,39)40)16-25(33)15-23)41-28(43)20-9-6-10-22(13-20)31(35,36)37/h3-17H,18H2,1-2H3,(H,41,43). The summed E-state index contributed by atoms with van der Waals surface area (Å²) in [6.07, 6.45) is -11.3. The lowest BCUT2D eigenvalue weighted by molar-refractivity contribution is -0.138. The fraction of sp³-hybridized carbons (Fsp3) is 0.188. The monoisotopic (exact) mass is 636 g/mol. The summed E-state index contributed by atoms with van der Waals surface area (Å²) in [5.74, 6) is -4.25. The average Bonchev–Trinajstić information content (AvgIpc) is 2.97. The van der Waals surface area contributed by atoms with Crippen LogP contribution in [0, 0.1) is 11.6 Å². The van der Waals surface area contributed by atoms with Crippen LogP contribution in [0.5, 0.6) is 5.75 Å². The number of carbonyl (C=O) groups is 2. The van der Waals surface area contributed by atoms with Crippen LogP contribution in [-0.4, -0.2) is 31.0 Å². The van der Waals surface area contributed by atoms with Gasteiger partial charge in [0.1, 0.15) is 5.82 Å². The molecular formula is C32H24F8N2O3. The Bertz CT molecular complexity index is 1710. The average molecular weight is 637 g/mol. The van der Waals surface area contributed by atoms with E-state index in [1.54, 1.807) is 30.3 Å². The van der Waals surface area contributed by atoms with E-state index in [9.17, 15) is 44.7 Å². The maximum absolute atomic E-state index is 14.9. The molecule has 0 radical (unpaired) electrons. The molecule has 0 aliphatic heterocycles. The Morgan fingerprint density at radius 1 is 0.711 bits per heavy atom. The molecule has 4 rings (SSSR count). The van der Waals surface area contributed by atoms with Crippen molar-refractivity contribution in [2.75, 3.05) is 14.1 Å². The van der Waals surface area contributed by atoms with E-state index in [0.717, 1.165) is 47.4 Å². The first-order valence-corrected chi connectivity index (χ1v) is 13.1. The first-order chi connectivity index (χ1) is 21.0. The lowest BCUT2D eigenvalue weighted by atomic mass is 9.77. The largest absolute Gasteiger partial charge is 0.416 e. The zero-order valence-corrected chi connectivity index (χ0v) is 23.6. The predicted octanol–water partition coefficient (Wildman–Crippen LogP) is 7.98. The molecule has 2 amide bonds. The van der Waals surface area contributed by atoms with E-state index in [0.29, 0.717) is 17.7 Å². The van der Waals surface area contributed by atoms with Crippen LogP contribution in [0.25, 0.3) is 0 Å². The van der Waals surface area contributed by atoms with E-state index in [1.165, 1.54) is 14.1 Å². The molecule has 1 N–H and O–H groups in total. The molecule has 0 aliphatic carbocycles. The number of carbonyl (C=O) groups excluding carboxylic acids is 2. The van der Waals surface area contributed by atoms with Crippen molar-refractivity contribution in [1.29, 1.82) is 0 Å². The number of nitrogens with one attached hydrogen (secondary N) is 1. The van der Waals surface area contributed by atoms with Crippen molar-refractivity contribution in [1.82, 2.24) is 10.2 Å². The van der Waals surface area contributed by atoms with Gasteiger partial charge in [0.25, 0.3) is 5.91 Å². The molecule has 236 valence electrons. The normalized spacial score (nSPS) is 13.1. The second kappa shape index (κ2) is 12.6. The van der Waals surface area contributed by atoms with Crippen LogP contribution in [0.4, 0.5) is 39.9 Å². The Morgan fingerprint density at radius 3 is 1.98 bits per heavy atom. The van der Waals surface area contributed by atoms with Gasteiger partial charge in [0.05, 0.1) is 16.7 Å². The van der Waals surface area contributed by atoms with Crippen LogP contribution in [-0.2, 0) is 24.3 Å². The maximum atomic E-state index is 14.9. The third kappa shape index (κ3) is 7.59. The highest BCUT2D eigenvalue weighted by atomic mass is 19.4. The highest BCUT2D eigenvalue weighted by Crippen LogP contribution is 2.40. The molecule has 13 heteroatoms. The van der Waals surface area contributed by atoms with E-state index in [1.807, 2.05) is 0 Å². The van der Waals surface area contributed by atoms with E-state index in [4.69, 9.17) is 4.74 Å². The molecule has 1 unspecified atom stereocenters. The number of nitrogens with zero attached hydrogens (tertiary/aromatic N) is 1. The third-order valence-corrected chi connectivity index (χ3v) is 6.80. The first-order valence-electron chi connectivity index (χ1n) is 13.1. The molecule has 1 atom stereocenters. The van der Waals surface area contributed by atoms with Crippen molar-refractivity contribution in [3.05, 3.63) is 136 Å². The molecule has 4 aromatic rings. The Hall–Kier alpha value is -4.94. The number of halogens is 8. The van der Waals surface area contributed by atoms with Gasteiger partial charge >= 0.3 is 18.4 Å². The van der Waals surface area contributed by atoms with Crippen LogP contribution in [0.2, 0.25) is 0 Å². The van der Waals surface area contributed by atoms with E-state index >= 15 is 0 Å². The molecule has 45 heavy (non-hydrogen) atoms. The maximum Gasteiger partial charge on any atom is 0.416 e. The molecule has 0 spiro atoms. The van der Waals surface area contributed by atoms with Gasteiger partial charge in [0.15, 0.2) is 11.6 Å². The Labute approximate surface area is 252 Å². The van der Waals surface area contributed by atoms with Gasteiger partial charge in [-0.2, -0.15) is 26.3 Å². The zero-order chi connectivity index (χ0) is 33.2. The number of amides is 2. The molecular weight excluding hydrogens is 612 g/mol. The summed E-state index contributed by atoms with van der Waals surface area (Å²) >= 11 is 0. The van der Waals surface area contributed by atoms with E-state index < -0.39 is 76.0 Å². The second-order valence-corrected chi connectivity index (χ2v) is 10.2. The summed E-state index contributed by atoms with van der Waals surface area (Å²) < 4.78 is 117. The van der Waals surface area contributed by atoms with Gasteiger partial charge in [-0.05, 0) is 65.2 Å². The molecule has 0 aromatic heterocycles. The predicted molar refractivity (Wildman–Crippen MR) is 147 cm³/mol. The van der Waals surface area contributed by atoms with Crippen LogP contribution in [0.3, 0.4) is 0 Å². The van der Waals surface area contributed by atoms with Gasteiger partial charge < -0.3 is 15.0 Å². The minimum atomic E-state index is -5.05. The number of ether oxygens (including phenoxy) is 1. The molecule has 0 saturated heterocycles. The minimum Gasteiger partial charge on any atom is -0.407 e.